The molecule has 4 heterocycles. The van der Waals surface area contributed by atoms with Gasteiger partial charge in [0.15, 0.2) is 0 Å². The number of thiophene rings is 1. The first-order chi connectivity index (χ1) is 14.1. The third kappa shape index (κ3) is 3.44. The van der Waals surface area contributed by atoms with Gasteiger partial charge < -0.3 is 15.4 Å². The molecule has 30 heavy (non-hydrogen) atoms. The highest BCUT2D eigenvalue weighted by molar-refractivity contribution is 7.90. The second-order valence-electron chi connectivity index (χ2n) is 6.86. The lowest BCUT2D eigenvalue weighted by atomic mass is 9.87. The molecule has 2 fully saturated rings. The topological polar surface area (TPSA) is 124 Å². The molecule has 1 amide bonds. The van der Waals surface area contributed by atoms with E-state index < -0.39 is 26.7 Å². The number of hydrogen-bond donors (Lipinski definition) is 3. The fourth-order valence-electron chi connectivity index (χ4n) is 3.58. The van der Waals surface area contributed by atoms with Gasteiger partial charge in [0, 0.05) is 20.1 Å². The number of sulfonamides is 1. The standard InChI is InChI=1S/C17H17Cl2N5O4S2/c1-24-16(20)23-17(5-6-28-8-11(17)30(24,26)27)14-9(18)7-10(29-14)15(25)22-13-4-2-3-12(19)21-13/h2-4,7,11H,5-6,8H2,1H3,(H2,20,23)(H,21,22,25)/t11?,17-/m0/s1. The van der Waals surface area contributed by atoms with Gasteiger partial charge in [-0.15, -0.1) is 11.3 Å². The van der Waals surface area contributed by atoms with Crippen molar-refractivity contribution in [3.63, 3.8) is 0 Å². The van der Waals surface area contributed by atoms with Crippen LogP contribution in [0.25, 0.3) is 0 Å². The van der Waals surface area contributed by atoms with E-state index in [-0.39, 0.29) is 46.5 Å². The van der Waals surface area contributed by atoms with E-state index in [4.69, 9.17) is 33.3 Å². The molecule has 2 aromatic rings. The molecule has 0 aromatic carbocycles. The summed E-state index contributed by atoms with van der Waals surface area (Å²) in [5.41, 5.74) is -1.16. The predicted octanol–water partition coefficient (Wildman–Crippen LogP) is 2.49. The van der Waals surface area contributed by atoms with Crippen LogP contribution >= 0.6 is 34.5 Å². The van der Waals surface area contributed by atoms with Gasteiger partial charge in [-0.05, 0) is 18.2 Å². The highest BCUT2D eigenvalue weighted by Gasteiger charge is 2.57. The zero-order chi connectivity index (χ0) is 21.7. The van der Waals surface area contributed by atoms with Gasteiger partial charge in [0.1, 0.15) is 16.2 Å². The summed E-state index contributed by atoms with van der Waals surface area (Å²) in [4.78, 5) is 17.5. The van der Waals surface area contributed by atoms with Crippen LogP contribution in [0.5, 0.6) is 0 Å². The molecule has 2 aliphatic heterocycles. The summed E-state index contributed by atoms with van der Waals surface area (Å²) in [5.74, 6) is -0.428. The van der Waals surface area contributed by atoms with Crippen molar-refractivity contribution in [2.45, 2.75) is 17.2 Å². The van der Waals surface area contributed by atoms with Crippen LogP contribution < -0.4 is 10.6 Å². The van der Waals surface area contributed by atoms with Crippen molar-refractivity contribution in [1.82, 2.24) is 14.6 Å². The van der Waals surface area contributed by atoms with Gasteiger partial charge in [0.05, 0.1) is 26.9 Å². The number of nitrogens with zero attached hydrogens (tertiary/aromatic N) is 2. The molecule has 13 heteroatoms. The Kier molecular flexibility index (Phi) is 5.43. The summed E-state index contributed by atoms with van der Waals surface area (Å²) >= 11 is 13.4. The molecule has 2 atom stereocenters. The summed E-state index contributed by atoms with van der Waals surface area (Å²) in [6.07, 6.45) is 0.282. The number of guanidine groups is 1. The van der Waals surface area contributed by atoms with E-state index in [1.165, 1.54) is 13.1 Å². The molecule has 9 nitrogen and oxygen atoms in total. The lowest BCUT2D eigenvalue weighted by Crippen LogP contribution is -2.69. The van der Waals surface area contributed by atoms with Crippen molar-refractivity contribution in [3.05, 3.63) is 44.2 Å². The minimum absolute atomic E-state index is 0.0465. The fourth-order valence-corrected chi connectivity index (χ4v) is 7.20. The van der Waals surface area contributed by atoms with Crippen LogP contribution in [0.15, 0.2) is 24.3 Å². The molecule has 2 aromatic heterocycles. The number of aromatic nitrogens is 1. The second-order valence-corrected chi connectivity index (χ2v) is 10.9. The number of halogens is 2. The number of nitrogens with one attached hydrogen (secondary N) is 3. The van der Waals surface area contributed by atoms with Gasteiger partial charge in [-0.25, -0.2) is 17.7 Å². The summed E-state index contributed by atoms with van der Waals surface area (Å²) in [6.45, 7) is 0.243. The SMILES string of the molecule is CN1C(=N)N[C@@]2(c3sc(C(=O)Nc4cccc(Cl)n4)cc3Cl)CCOCC2S1(=O)=O. The first-order valence-electron chi connectivity index (χ1n) is 8.81. The highest BCUT2D eigenvalue weighted by atomic mass is 35.5. The van der Waals surface area contributed by atoms with E-state index in [1.54, 1.807) is 18.2 Å². The Hall–Kier alpha value is -1.92. The molecule has 4 rings (SSSR count). The van der Waals surface area contributed by atoms with Crippen LogP contribution in [0.1, 0.15) is 21.0 Å². The minimum Gasteiger partial charge on any atom is -0.380 e. The molecule has 0 spiro atoms. The Morgan fingerprint density at radius 2 is 2.23 bits per heavy atom. The molecule has 1 unspecified atom stereocenters. The normalized spacial score (nSPS) is 25.4. The summed E-state index contributed by atoms with van der Waals surface area (Å²) in [6, 6.07) is 6.32. The van der Waals surface area contributed by atoms with Crippen molar-refractivity contribution in [1.29, 1.82) is 5.41 Å². The largest absolute Gasteiger partial charge is 0.380 e. The van der Waals surface area contributed by atoms with Crippen LogP contribution in [0.4, 0.5) is 5.82 Å². The molecule has 0 bridgehead atoms. The lowest BCUT2D eigenvalue weighted by Gasteiger charge is -2.49. The molecule has 0 aliphatic carbocycles. The van der Waals surface area contributed by atoms with E-state index in [2.05, 4.69) is 15.6 Å². The number of pyridine rings is 1. The van der Waals surface area contributed by atoms with Gasteiger partial charge in [0.25, 0.3) is 5.91 Å². The molecule has 0 saturated carbocycles. The number of fused-ring (bicyclic) bond motifs is 1. The average Bonchev–Trinajstić information content (AvgIpc) is 3.09. The molecule has 2 saturated heterocycles. The first-order valence-corrected chi connectivity index (χ1v) is 11.9. The van der Waals surface area contributed by atoms with Crippen molar-refractivity contribution in [2.75, 3.05) is 25.6 Å². The Balaban J connectivity index is 1.72. The lowest BCUT2D eigenvalue weighted by molar-refractivity contribution is 0.0442. The smallest absolute Gasteiger partial charge is 0.266 e. The Morgan fingerprint density at radius 1 is 1.47 bits per heavy atom. The monoisotopic (exact) mass is 489 g/mol. The maximum atomic E-state index is 13.0. The number of ether oxygens (including phenoxy) is 1. The number of hydrogen-bond acceptors (Lipinski definition) is 7. The quantitative estimate of drug-likeness (QED) is 0.568. The number of carbonyl (C=O) groups is 1. The van der Waals surface area contributed by atoms with Gasteiger partial charge in [-0.3, -0.25) is 10.2 Å². The summed E-state index contributed by atoms with van der Waals surface area (Å²) in [7, 11) is -2.54. The van der Waals surface area contributed by atoms with E-state index in [1.807, 2.05) is 0 Å². The van der Waals surface area contributed by atoms with E-state index in [0.717, 1.165) is 15.6 Å². The second kappa shape index (κ2) is 7.65. The van der Waals surface area contributed by atoms with Gasteiger partial charge in [-0.1, -0.05) is 29.3 Å². The van der Waals surface area contributed by atoms with Crippen molar-refractivity contribution in [3.8, 4) is 0 Å². The summed E-state index contributed by atoms with van der Waals surface area (Å²) in [5, 5.41) is 13.3. The maximum Gasteiger partial charge on any atom is 0.266 e. The number of rotatable bonds is 3. The van der Waals surface area contributed by atoms with Crippen LogP contribution in [0.2, 0.25) is 10.2 Å². The predicted molar refractivity (Wildman–Crippen MR) is 115 cm³/mol. The Bertz CT molecular complexity index is 1140. The maximum absolute atomic E-state index is 13.0. The van der Waals surface area contributed by atoms with Crippen LogP contribution in [-0.4, -0.2) is 55.1 Å². The third-order valence-electron chi connectivity index (χ3n) is 5.13. The van der Waals surface area contributed by atoms with Gasteiger partial charge >= 0.3 is 0 Å². The molecule has 0 radical (unpaired) electrons. The third-order valence-corrected chi connectivity index (χ3v) is 9.27. The van der Waals surface area contributed by atoms with E-state index in [9.17, 15) is 13.2 Å². The zero-order valence-corrected chi connectivity index (χ0v) is 18.8. The van der Waals surface area contributed by atoms with Crippen molar-refractivity contribution >= 4 is 62.2 Å². The summed E-state index contributed by atoms with van der Waals surface area (Å²) < 4.78 is 32.3. The molecular formula is C17H17Cl2N5O4S2. The van der Waals surface area contributed by atoms with Crippen LogP contribution in [0, 0.1) is 5.41 Å². The van der Waals surface area contributed by atoms with Crippen LogP contribution in [-0.2, 0) is 20.3 Å². The Labute approximate surface area is 186 Å². The average molecular weight is 490 g/mol. The first kappa shape index (κ1) is 21.3. The van der Waals surface area contributed by atoms with E-state index in [0.29, 0.717) is 4.88 Å². The number of carbonyl (C=O) groups excluding carboxylic acids is 1. The molecule has 3 N–H and O–H groups in total. The minimum atomic E-state index is -3.86. The molecule has 2 aliphatic rings. The zero-order valence-electron chi connectivity index (χ0n) is 15.6. The molecule has 160 valence electrons. The van der Waals surface area contributed by atoms with E-state index >= 15 is 0 Å². The fraction of sp³-hybridized carbons (Fsp3) is 0.353. The van der Waals surface area contributed by atoms with Gasteiger partial charge in [-0.2, -0.15) is 0 Å². The highest BCUT2D eigenvalue weighted by Crippen LogP contribution is 2.46. The number of anilines is 1. The molecular weight excluding hydrogens is 473 g/mol. The number of amides is 1. The Morgan fingerprint density at radius 3 is 2.97 bits per heavy atom. The van der Waals surface area contributed by atoms with Crippen LogP contribution in [0.3, 0.4) is 0 Å². The van der Waals surface area contributed by atoms with Crippen molar-refractivity contribution < 1.29 is 17.9 Å². The van der Waals surface area contributed by atoms with Crippen molar-refractivity contribution in [2.24, 2.45) is 0 Å². The van der Waals surface area contributed by atoms with Gasteiger partial charge in [0.2, 0.25) is 16.0 Å².